The van der Waals surface area contributed by atoms with E-state index in [1.165, 1.54) is 5.69 Å². The van der Waals surface area contributed by atoms with Crippen molar-refractivity contribution in [2.24, 2.45) is 7.05 Å². The van der Waals surface area contributed by atoms with Gasteiger partial charge < -0.3 is 10.3 Å². The quantitative estimate of drug-likeness (QED) is 0.800. The lowest BCUT2D eigenvalue weighted by Gasteiger charge is -2.02. The lowest BCUT2D eigenvalue weighted by atomic mass is 10.5. The molecular weight excluding hydrogens is 208 g/mol. The Morgan fingerprint density at radius 3 is 2.87 bits per heavy atom. The molecule has 5 heteroatoms. The van der Waals surface area contributed by atoms with Crippen molar-refractivity contribution in [1.29, 1.82) is 0 Å². The van der Waals surface area contributed by atoms with Crippen LogP contribution in [0.1, 0.15) is 5.69 Å². The first kappa shape index (κ1) is 10.0. The van der Waals surface area contributed by atoms with Crippen LogP contribution in [0.3, 0.4) is 0 Å². The molecule has 0 aromatic carbocycles. The first-order valence-electron chi connectivity index (χ1n) is 4.55. The highest BCUT2D eigenvalue weighted by atomic mass is 32.2. The number of nitrogen functional groups attached to an aromatic ring is 1. The maximum atomic E-state index is 5.51. The van der Waals surface area contributed by atoms with Gasteiger partial charge in [-0.25, -0.2) is 9.97 Å². The molecule has 0 radical (unpaired) electrons. The maximum absolute atomic E-state index is 5.51. The van der Waals surface area contributed by atoms with Crippen LogP contribution in [0.2, 0.25) is 0 Å². The number of hydrogen-bond acceptors (Lipinski definition) is 4. The molecule has 0 aliphatic heterocycles. The molecule has 2 rings (SSSR count). The van der Waals surface area contributed by atoms with Gasteiger partial charge >= 0.3 is 0 Å². The third-order valence-corrected chi connectivity index (χ3v) is 3.08. The minimum Gasteiger partial charge on any atom is -0.384 e. The largest absolute Gasteiger partial charge is 0.384 e. The SMILES string of the molecule is Cn1cncc1CSc1ccc(N)nc1. The van der Waals surface area contributed by atoms with Gasteiger partial charge in [-0.15, -0.1) is 11.8 Å². The minimum atomic E-state index is 0.555. The summed E-state index contributed by atoms with van der Waals surface area (Å²) in [5, 5.41) is 0. The number of hydrogen-bond donors (Lipinski definition) is 1. The van der Waals surface area contributed by atoms with Crippen molar-refractivity contribution in [2.45, 2.75) is 10.6 Å². The predicted octanol–water partition coefficient (Wildman–Crippen LogP) is 1.69. The summed E-state index contributed by atoms with van der Waals surface area (Å²) >= 11 is 1.72. The molecule has 0 fully saturated rings. The van der Waals surface area contributed by atoms with E-state index >= 15 is 0 Å². The van der Waals surface area contributed by atoms with E-state index in [2.05, 4.69) is 9.97 Å². The van der Waals surface area contributed by atoms with Crippen LogP contribution in [0.5, 0.6) is 0 Å². The second-order valence-electron chi connectivity index (χ2n) is 3.20. The van der Waals surface area contributed by atoms with E-state index in [1.54, 1.807) is 24.3 Å². The fourth-order valence-corrected chi connectivity index (χ4v) is 2.04. The first-order chi connectivity index (χ1) is 7.25. The lowest BCUT2D eigenvalue weighted by Crippen LogP contribution is -1.92. The fraction of sp³-hybridized carbons (Fsp3) is 0.200. The Kier molecular flexibility index (Phi) is 2.91. The third-order valence-electron chi connectivity index (χ3n) is 2.06. The van der Waals surface area contributed by atoms with E-state index < -0.39 is 0 Å². The maximum Gasteiger partial charge on any atom is 0.123 e. The zero-order valence-electron chi connectivity index (χ0n) is 8.42. The molecule has 0 saturated carbocycles. The van der Waals surface area contributed by atoms with Crippen molar-refractivity contribution in [3.63, 3.8) is 0 Å². The van der Waals surface area contributed by atoms with Gasteiger partial charge in [0.25, 0.3) is 0 Å². The Bertz CT molecular complexity index is 435. The predicted molar refractivity (Wildman–Crippen MR) is 61.4 cm³/mol. The Morgan fingerprint density at radius 2 is 2.27 bits per heavy atom. The van der Waals surface area contributed by atoms with E-state index in [0.717, 1.165) is 10.6 Å². The molecule has 4 nitrogen and oxygen atoms in total. The molecule has 0 aliphatic carbocycles. The smallest absolute Gasteiger partial charge is 0.123 e. The normalized spacial score (nSPS) is 10.5. The molecule has 2 heterocycles. The Morgan fingerprint density at radius 1 is 1.40 bits per heavy atom. The fourth-order valence-electron chi connectivity index (χ4n) is 1.16. The second kappa shape index (κ2) is 4.35. The van der Waals surface area contributed by atoms with E-state index in [4.69, 9.17) is 5.73 Å². The van der Waals surface area contributed by atoms with Crippen LogP contribution in [-0.2, 0) is 12.8 Å². The molecule has 0 atom stereocenters. The number of imidazole rings is 1. The zero-order valence-corrected chi connectivity index (χ0v) is 9.24. The van der Waals surface area contributed by atoms with Gasteiger partial charge in [-0.3, -0.25) is 0 Å². The van der Waals surface area contributed by atoms with Crippen LogP contribution < -0.4 is 5.73 Å². The van der Waals surface area contributed by atoms with Crippen LogP contribution in [0, 0.1) is 0 Å². The molecule has 2 aromatic heterocycles. The van der Waals surface area contributed by atoms with E-state index in [9.17, 15) is 0 Å². The Hall–Kier alpha value is -1.49. The van der Waals surface area contributed by atoms with Crippen LogP contribution >= 0.6 is 11.8 Å². The summed E-state index contributed by atoms with van der Waals surface area (Å²) in [6.45, 7) is 0. The Labute approximate surface area is 92.5 Å². The highest BCUT2D eigenvalue weighted by Crippen LogP contribution is 2.21. The molecule has 0 aliphatic rings. The average molecular weight is 220 g/mol. The Balaban J connectivity index is 1.99. The molecule has 15 heavy (non-hydrogen) atoms. The molecule has 0 amide bonds. The van der Waals surface area contributed by atoms with Crippen molar-refractivity contribution in [1.82, 2.24) is 14.5 Å². The standard InChI is InChI=1S/C10H12N4S/c1-14-7-12-4-8(14)6-15-9-2-3-10(11)13-5-9/h2-5,7H,6H2,1H3,(H2,11,13). The van der Waals surface area contributed by atoms with Crippen LogP contribution in [-0.4, -0.2) is 14.5 Å². The number of aryl methyl sites for hydroxylation is 1. The number of aromatic nitrogens is 3. The van der Waals surface area contributed by atoms with Gasteiger partial charge in [-0.05, 0) is 12.1 Å². The van der Waals surface area contributed by atoms with Gasteiger partial charge in [-0.1, -0.05) is 0 Å². The summed E-state index contributed by atoms with van der Waals surface area (Å²) < 4.78 is 2.01. The molecule has 0 unspecified atom stereocenters. The monoisotopic (exact) mass is 220 g/mol. The number of rotatable bonds is 3. The number of nitrogens with two attached hydrogens (primary N) is 1. The van der Waals surface area contributed by atoms with Gasteiger partial charge in [0, 0.05) is 35.8 Å². The molecule has 0 saturated heterocycles. The number of nitrogens with zero attached hydrogens (tertiary/aromatic N) is 3. The van der Waals surface area contributed by atoms with Crippen molar-refractivity contribution in [3.8, 4) is 0 Å². The van der Waals surface area contributed by atoms with E-state index in [0.29, 0.717) is 5.82 Å². The molecule has 0 bridgehead atoms. The van der Waals surface area contributed by atoms with Gasteiger partial charge in [0.1, 0.15) is 5.82 Å². The summed E-state index contributed by atoms with van der Waals surface area (Å²) in [5.41, 5.74) is 6.70. The number of anilines is 1. The van der Waals surface area contributed by atoms with Crippen molar-refractivity contribution in [2.75, 3.05) is 5.73 Å². The zero-order chi connectivity index (χ0) is 10.7. The highest BCUT2D eigenvalue weighted by Gasteiger charge is 2.00. The summed E-state index contributed by atoms with van der Waals surface area (Å²) in [4.78, 5) is 9.21. The van der Waals surface area contributed by atoms with E-state index in [1.807, 2.05) is 29.9 Å². The van der Waals surface area contributed by atoms with Crippen LogP contribution in [0.4, 0.5) is 5.82 Å². The van der Waals surface area contributed by atoms with Gasteiger partial charge in [0.05, 0.1) is 6.33 Å². The van der Waals surface area contributed by atoms with Crippen LogP contribution in [0.25, 0.3) is 0 Å². The molecule has 2 aromatic rings. The second-order valence-corrected chi connectivity index (χ2v) is 4.25. The number of thioether (sulfide) groups is 1. The van der Waals surface area contributed by atoms with Gasteiger partial charge in [0.2, 0.25) is 0 Å². The average Bonchev–Trinajstić information content (AvgIpc) is 2.63. The number of pyridine rings is 1. The molecule has 0 spiro atoms. The molecule has 78 valence electrons. The highest BCUT2D eigenvalue weighted by molar-refractivity contribution is 7.98. The summed E-state index contributed by atoms with van der Waals surface area (Å²) in [6.07, 6.45) is 5.46. The summed E-state index contributed by atoms with van der Waals surface area (Å²) in [5.74, 6) is 1.45. The van der Waals surface area contributed by atoms with Crippen molar-refractivity contribution in [3.05, 3.63) is 36.5 Å². The summed E-state index contributed by atoms with van der Waals surface area (Å²) in [6, 6.07) is 3.79. The first-order valence-corrected chi connectivity index (χ1v) is 5.54. The van der Waals surface area contributed by atoms with Crippen molar-refractivity contribution < 1.29 is 0 Å². The molecule has 2 N–H and O–H groups in total. The molecular formula is C10H12N4S. The van der Waals surface area contributed by atoms with Gasteiger partial charge in [-0.2, -0.15) is 0 Å². The van der Waals surface area contributed by atoms with E-state index in [-0.39, 0.29) is 0 Å². The van der Waals surface area contributed by atoms with Crippen LogP contribution in [0.15, 0.2) is 35.7 Å². The summed E-state index contributed by atoms with van der Waals surface area (Å²) in [7, 11) is 1.99. The minimum absolute atomic E-state index is 0.555. The topological polar surface area (TPSA) is 56.7 Å². The van der Waals surface area contributed by atoms with Crippen molar-refractivity contribution >= 4 is 17.6 Å². The van der Waals surface area contributed by atoms with Gasteiger partial charge in [0.15, 0.2) is 0 Å². The lowest BCUT2D eigenvalue weighted by molar-refractivity contribution is 0.867. The third kappa shape index (κ3) is 2.50.